The molecule has 2 rings (SSSR count). The van der Waals surface area contributed by atoms with Gasteiger partial charge in [0.05, 0.1) is 11.9 Å². The number of aromatic amines is 1. The van der Waals surface area contributed by atoms with Crippen LogP contribution >= 0.6 is 0 Å². The highest BCUT2D eigenvalue weighted by molar-refractivity contribution is 5.97. The second kappa shape index (κ2) is 3.61. The molecule has 0 aliphatic carbocycles. The zero-order valence-corrected chi connectivity index (χ0v) is 9.11. The van der Waals surface area contributed by atoms with Crippen molar-refractivity contribution < 1.29 is 9.90 Å². The van der Waals surface area contributed by atoms with Crippen molar-refractivity contribution in [2.45, 2.75) is 19.4 Å². The van der Waals surface area contributed by atoms with Gasteiger partial charge < -0.3 is 15.4 Å². The molecule has 0 unspecified atom stereocenters. The Balaban J connectivity index is 2.24. The van der Waals surface area contributed by atoms with Gasteiger partial charge in [-0.1, -0.05) is 0 Å². The summed E-state index contributed by atoms with van der Waals surface area (Å²) in [6.07, 6.45) is 3.32. The minimum Gasteiger partial charge on any atom is -0.381 e. The van der Waals surface area contributed by atoms with Crippen LogP contribution in [-0.2, 0) is 4.79 Å². The third-order valence-electron chi connectivity index (χ3n) is 2.21. The molecule has 0 radical (unpaired) electrons. The maximum Gasteiger partial charge on any atom is 0.255 e. The van der Waals surface area contributed by atoms with E-state index in [4.69, 9.17) is 0 Å². The van der Waals surface area contributed by atoms with E-state index in [1.807, 2.05) is 6.07 Å². The summed E-state index contributed by atoms with van der Waals surface area (Å²) in [5, 5.41) is 13.0. The molecule has 0 saturated heterocycles. The predicted molar refractivity (Wildman–Crippen MR) is 61.0 cm³/mol. The Morgan fingerprint density at radius 1 is 1.56 bits per heavy atom. The molecule has 0 fully saturated rings. The Morgan fingerprint density at radius 2 is 2.31 bits per heavy atom. The molecule has 0 aromatic carbocycles. The van der Waals surface area contributed by atoms with Crippen LogP contribution < -0.4 is 5.32 Å². The largest absolute Gasteiger partial charge is 0.381 e. The first-order valence-electron chi connectivity index (χ1n) is 4.94. The first-order valence-corrected chi connectivity index (χ1v) is 4.94. The zero-order chi connectivity index (χ0) is 11.8. The summed E-state index contributed by atoms with van der Waals surface area (Å²) in [6, 6.07) is 3.66. The minimum absolute atomic E-state index is 0.454. The van der Waals surface area contributed by atoms with E-state index in [1.165, 1.54) is 13.8 Å². The number of pyridine rings is 1. The molecule has 2 aromatic heterocycles. The van der Waals surface area contributed by atoms with Crippen molar-refractivity contribution in [1.29, 1.82) is 0 Å². The number of rotatable bonds is 2. The Hall–Kier alpha value is -1.88. The maximum absolute atomic E-state index is 11.5. The van der Waals surface area contributed by atoms with E-state index in [-0.39, 0.29) is 0 Å². The first kappa shape index (κ1) is 10.6. The van der Waals surface area contributed by atoms with Crippen LogP contribution in [0.15, 0.2) is 24.5 Å². The van der Waals surface area contributed by atoms with Gasteiger partial charge in [-0.25, -0.2) is 4.98 Å². The minimum atomic E-state index is -1.40. The van der Waals surface area contributed by atoms with Crippen LogP contribution in [0.4, 0.5) is 5.69 Å². The molecule has 0 saturated carbocycles. The van der Waals surface area contributed by atoms with Crippen molar-refractivity contribution in [3.05, 3.63) is 24.5 Å². The van der Waals surface area contributed by atoms with Crippen molar-refractivity contribution >= 4 is 22.6 Å². The highest BCUT2D eigenvalue weighted by Crippen LogP contribution is 2.16. The Bertz CT molecular complexity index is 525. The number of carbonyl (C=O) groups excluding carboxylic acids is 1. The van der Waals surface area contributed by atoms with E-state index in [0.29, 0.717) is 5.69 Å². The number of nitrogens with zero attached hydrogens (tertiary/aromatic N) is 1. The van der Waals surface area contributed by atoms with Crippen LogP contribution in [0.3, 0.4) is 0 Å². The number of hydrogen-bond acceptors (Lipinski definition) is 3. The van der Waals surface area contributed by atoms with Crippen LogP contribution in [0.1, 0.15) is 13.8 Å². The summed E-state index contributed by atoms with van der Waals surface area (Å²) in [5.74, 6) is -0.454. The summed E-state index contributed by atoms with van der Waals surface area (Å²) in [4.78, 5) is 18.6. The van der Waals surface area contributed by atoms with E-state index in [9.17, 15) is 9.90 Å². The van der Waals surface area contributed by atoms with Crippen molar-refractivity contribution in [2.24, 2.45) is 0 Å². The number of aliphatic hydroxyl groups is 1. The third-order valence-corrected chi connectivity index (χ3v) is 2.21. The fraction of sp³-hybridized carbons (Fsp3) is 0.273. The lowest BCUT2D eigenvalue weighted by Gasteiger charge is -2.16. The molecule has 2 aromatic rings. The van der Waals surface area contributed by atoms with Crippen molar-refractivity contribution in [3.8, 4) is 0 Å². The lowest BCUT2D eigenvalue weighted by molar-refractivity contribution is -0.130. The quantitative estimate of drug-likeness (QED) is 0.711. The number of amides is 1. The highest BCUT2D eigenvalue weighted by Gasteiger charge is 2.23. The number of carbonyl (C=O) groups is 1. The third kappa shape index (κ3) is 2.04. The summed E-state index contributed by atoms with van der Waals surface area (Å²) in [5.41, 5.74) is -0.0620. The zero-order valence-electron chi connectivity index (χ0n) is 9.11. The molecule has 0 atom stereocenters. The Kier molecular flexibility index (Phi) is 2.40. The van der Waals surface area contributed by atoms with Gasteiger partial charge in [0.25, 0.3) is 5.91 Å². The molecule has 5 nitrogen and oxygen atoms in total. The van der Waals surface area contributed by atoms with Gasteiger partial charge in [0.1, 0.15) is 11.2 Å². The molecule has 84 valence electrons. The summed E-state index contributed by atoms with van der Waals surface area (Å²) in [6.45, 7) is 2.87. The van der Waals surface area contributed by atoms with Gasteiger partial charge in [-0.2, -0.15) is 0 Å². The fourth-order valence-electron chi connectivity index (χ4n) is 1.29. The summed E-state index contributed by atoms with van der Waals surface area (Å²) >= 11 is 0. The molecule has 16 heavy (non-hydrogen) atoms. The van der Waals surface area contributed by atoms with Gasteiger partial charge in [0, 0.05) is 11.6 Å². The van der Waals surface area contributed by atoms with Crippen LogP contribution in [-0.4, -0.2) is 26.6 Å². The standard InChI is InChI=1S/C11H13N3O2/c1-11(2,16)10(15)14-8-5-7-3-4-12-9(7)13-6-8/h3-6,16H,1-2H3,(H,12,13)(H,14,15). The molecule has 0 bridgehead atoms. The van der Waals surface area contributed by atoms with E-state index < -0.39 is 11.5 Å². The second-order valence-corrected chi connectivity index (χ2v) is 4.15. The number of aromatic nitrogens is 2. The normalized spacial score (nSPS) is 11.7. The highest BCUT2D eigenvalue weighted by atomic mass is 16.3. The average molecular weight is 219 g/mol. The number of fused-ring (bicyclic) bond motifs is 1. The van der Waals surface area contributed by atoms with E-state index in [2.05, 4.69) is 15.3 Å². The lowest BCUT2D eigenvalue weighted by Crippen LogP contribution is -2.36. The van der Waals surface area contributed by atoms with E-state index in [1.54, 1.807) is 18.5 Å². The number of nitrogens with one attached hydrogen (secondary N) is 2. The number of H-pyrrole nitrogens is 1. The molecule has 3 N–H and O–H groups in total. The molecule has 2 heterocycles. The van der Waals surface area contributed by atoms with Crippen LogP contribution in [0.25, 0.3) is 11.0 Å². The van der Waals surface area contributed by atoms with Gasteiger partial charge >= 0.3 is 0 Å². The molecule has 0 aliphatic rings. The van der Waals surface area contributed by atoms with E-state index >= 15 is 0 Å². The van der Waals surface area contributed by atoms with Gasteiger partial charge in [-0.15, -0.1) is 0 Å². The van der Waals surface area contributed by atoms with Gasteiger partial charge in [0.15, 0.2) is 0 Å². The van der Waals surface area contributed by atoms with Crippen LogP contribution in [0, 0.1) is 0 Å². The van der Waals surface area contributed by atoms with Crippen molar-refractivity contribution in [3.63, 3.8) is 0 Å². The first-order chi connectivity index (χ1) is 7.47. The van der Waals surface area contributed by atoms with Crippen molar-refractivity contribution in [1.82, 2.24) is 9.97 Å². The predicted octanol–water partition coefficient (Wildman–Crippen LogP) is 1.27. The number of hydrogen-bond donors (Lipinski definition) is 3. The van der Waals surface area contributed by atoms with Crippen LogP contribution in [0.2, 0.25) is 0 Å². The molecule has 1 amide bonds. The fourth-order valence-corrected chi connectivity index (χ4v) is 1.29. The molecule has 0 aliphatic heterocycles. The van der Waals surface area contributed by atoms with Gasteiger partial charge in [0.2, 0.25) is 0 Å². The average Bonchev–Trinajstić information content (AvgIpc) is 2.63. The summed E-state index contributed by atoms with van der Waals surface area (Å²) in [7, 11) is 0. The van der Waals surface area contributed by atoms with Crippen molar-refractivity contribution in [2.75, 3.05) is 5.32 Å². The second-order valence-electron chi connectivity index (χ2n) is 4.15. The number of anilines is 1. The topological polar surface area (TPSA) is 78.0 Å². The monoisotopic (exact) mass is 219 g/mol. The molecular formula is C11H13N3O2. The molecular weight excluding hydrogens is 206 g/mol. The SMILES string of the molecule is CC(C)(O)C(=O)Nc1cnc2[nH]ccc2c1. The molecule has 0 spiro atoms. The van der Waals surface area contributed by atoms with Gasteiger partial charge in [-0.05, 0) is 26.0 Å². The molecule has 5 heteroatoms. The van der Waals surface area contributed by atoms with Crippen LogP contribution in [0.5, 0.6) is 0 Å². The smallest absolute Gasteiger partial charge is 0.255 e. The Morgan fingerprint density at radius 3 is 3.00 bits per heavy atom. The van der Waals surface area contributed by atoms with E-state index in [0.717, 1.165) is 11.0 Å². The summed E-state index contributed by atoms with van der Waals surface area (Å²) < 4.78 is 0. The Labute approximate surface area is 92.5 Å². The maximum atomic E-state index is 11.5. The lowest BCUT2D eigenvalue weighted by atomic mass is 10.1. The van der Waals surface area contributed by atoms with Gasteiger partial charge in [-0.3, -0.25) is 4.79 Å².